The first-order valence-corrected chi connectivity index (χ1v) is 22.6. The van der Waals surface area contributed by atoms with Crippen molar-refractivity contribution in [2.24, 2.45) is 0 Å². The van der Waals surface area contributed by atoms with Crippen LogP contribution in [0.5, 0.6) is 0 Å². The standard InChI is InChI=1S/C38H53F10N5O14S2/c1-25(2)27(54)63-16-14-61-12-8-49-29(56)65-18-22-68-20-6-10-51-31(58)52(11-7-21-69-23-19-66-30(57)50-9-13-62-15-17-64-28(55)26(3)4)33(60)53(32(51)59)24-35(41,42)37(45,46)67-38(47,48)36(43,44)34(5,39)40/h1,3,6-24H2,2,4-5H3,(H,49,56)(H,50,57). The number of hydrogen-bond donors (Lipinski definition) is 2. The number of esters is 2. The summed E-state index contributed by atoms with van der Waals surface area (Å²) in [7, 11) is 0. The molecule has 0 aromatic carbocycles. The average Bonchev–Trinajstić information content (AvgIpc) is 3.24. The molecule has 1 rings (SSSR count). The number of aromatic nitrogens is 3. The third-order valence-corrected chi connectivity index (χ3v) is 10.3. The fourth-order valence-electron chi connectivity index (χ4n) is 4.68. The third-order valence-electron chi connectivity index (χ3n) is 8.25. The van der Waals surface area contributed by atoms with E-state index in [1.807, 2.05) is 0 Å². The molecule has 0 saturated carbocycles. The van der Waals surface area contributed by atoms with Gasteiger partial charge in [-0.05, 0) is 38.2 Å². The van der Waals surface area contributed by atoms with Crippen molar-refractivity contribution < 1.29 is 96.2 Å². The van der Waals surface area contributed by atoms with Crippen LogP contribution in [-0.2, 0) is 62.4 Å². The summed E-state index contributed by atoms with van der Waals surface area (Å²) in [5.41, 5.74) is -4.94. The van der Waals surface area contributed by atoms with Gasteiger partial charge in [0.25, 0.3) is 0 Å². The van der Waals surface area contributed by atoms with E-state index in [0.29, 0.717) is 0 Å². The van der Waals surface area contributed by atoms with Crippen molar-refractivity contribution >= 4 is 47.6 Å². The minimum atomic E-state index is -6.93. The Labute approximate surface area is 395 Å². The lowest BCUT2D eigenvalue weighted by molar-refractivity contribution is -0.485. The van der Waals surface area contributed by atoms with Crippen LogP contribution in [0.15, 0.2) is 38.7 Å². The molecule has 69 heavy (non-hydrogen) atoms. The summed E-state index contributed by atoms with van der Waals surface area (Å²) in [6, 6.07) is 0. The minimum Gasteiger partial charge on any atom is -0.460 e. The third kappa shape index (κ3) is 21.4. The number of alkyl carbamates (subject to hydrolysis) is 2. The second kappa shape index (κ2) is 29.4. The quantitative estimate of drug-likeness (QED) is 0.0319. The smallest absolute Gasteiger partial charge is 0.430 e. The van der Waals surface area contributed by atoms with Crippen molar-refractivity contribution in [2.45, 2.75) is 83.2 Å². The molecule has 0 aliphatic rings. The highest BCUT2D eigenvalue weighted by Gasteiger charge is 2.75. The highest BCUT2D eigenvalue weighted by Crippen LogP contribution is 2.50. The highest BCUT2D eigenvalue weighted by molar-refractivity contribution is 7.99. The number of hydrogen-bond acceptors (Lipinski definition) is 16. The monoisotopic (exact) mass is 1060 g/mol. The molecule has 2 N–H and O–H groups in total. The largest absolute Gasteiger partial charge is 0.460 e. The van der Waals surface area contributed by atoms with Crippen molar-refractivity contribution in [2.75, 3.05) is 89.0 Å². The Bertz CT molecular complexity index is 1950. The molecule has 2 amide bonds. The number of alkyl halides is 10. The van der Waals surface area contributed by atoms with Gasteiger partial charge in [0, 0.05) is 55.8 Å². The maximum atomic E-state index is 15.0. The fourth-order valence-corrected chi connectivity index (χ4v) is 6.15. The van der Waals surface area contributed by atoms with E-state index in [9.17, 15) is 77.5 Å². The number of carbonyl (C=O) groups is 4. The van der Waals surface area contributed by atoms with Gasteiger partial charge in [0.05, 0.1) is 26.4 Å². The molecule has 0 aliphatic carbocycles. The van der Waals surface area contributed by atoms with Gasteiger partial charge < -0.3 is 39.1 Å². The van der Waals surface area contributed by atoms with Gasteiger partial charge in [-0.25, -0.2) is 52.0 Å². The number of rotatable bonds is 35. The molecule has 0 atom stereocenters. The van der Waals surface area contributed by atoms with E-state index in [1.165, 1.54) is 13.8 Å². The van der Waals surface area contributed by atoms with Crippen LogP contribution in [0.25, 0.3) is 0 Å². The Morgan fingerprint density at radius 1 is 0.551 bits per heavy atom. The van der Waals surface area contributed by atoms with Crippen molar-refractivity contribution in [1.82, 2.24) is 24.3 Å². The molecule has 1 aromatic rings. The lowest BCUT2D eigenvalue weighted by Gasteiger charge is -2.34. The Morgan fingerprint density at radius 3 is 1.32 bits per heavy atom. The molecule has 0 unspecified atom stereocenters. The van der Waals surface area contributed by atoms with Gasteiger partial charge in [0.1, 0.15) is 33.0 Å². The second-order valence-corrected chi connectivity index (χ2v) is 16.6. The molecular formula is C38H53F10N5O14S2. The van der Waals surface area contributed by atoms with Crippen LogP contribution in [0.3, 0.4) is 0 Å². The van der Waals surface area contributed by atoms with Gasteiger partial charge in [0.15, 0.2) is 0 Å². The summed E-state index contributed by atoms with van der Waals surface area (Å²) in [6.07, 6.45) is -15.6. The van der Waals surface area contributed by atoms with E-state index in [1.54, 1.807) is 0 Å². The molecule has 0 radical (unpaired) electrons. The summed E-state index contributed by atoms with van der Waals surface area (Å²) in [5.74, 6) is -19.5. The number of amides is 2. The Hall–Kier alpha value is -4.75. The molecule has 1 aromatic heterocycles. The lowest BCUT2D eigenvalue weighted by Crippen LogP contribution is -2.61. The van der Waals surface area contributed by atoms with Gasteiger partial charge in [-0.15, -0.1) is 0 Å². The van der Waals surface area contributed by atoms with Gasteiger partial charge in [-0.3, -0.25) is 0 Å². The SMILES string of the molecule is C=C(C)C(=O)OCCOCCNC(=O)OCCSCCCn1c(=O)n(CCCSCCOC(=O)NCCOCCOC(=O)C(=C)C)c(=O)n(CC(F)(F)C(F)(F)OC(F)(F)C(F)(F)C(C)(F)F)c1=O. The first-order valence-electron chi connectivity index (χ1n) is 20.3. The van der Waals surface area contributed by atoms with Gasteiger partial charge >= 0.3 is 71.2 Å². The van der Waals surface area contributed by atoms with Crippen molar-refractivity contribution in [3.05, 3.63) is 55.8 Å². The van der Waals surface area contributed by atoms with Crippen LogP contribution in [-0.4, -0.2) is 157 Å². The molecule has 0 aliphatic heterocycles. The predicted molar refractivity (Wildman–Crippen MR) is 226 cm³/mol. The van der Waals surface area contributed by atoms with E-state index >= 15 is 0 Å². The number of halogens is 10. The zero-order valence-electron chi connectivity index (χ0n) is 37.5. The van der Waals surface area contributed by atoms with E-state index in [-0.39, 0.29) is 122 Å². The van der Waals surface area contributed by atoms with Crippen LogP contribution in [0, 0.1) is 0 Å². The normalized spacial score (nSPS) is 12.3. The maximum Gasteiger partial charge on any atom is 0.430 e. The van der Waals surface area contributed by atoms with E-state index in [2.05, 4.69) is 28.5 Å². The zero-order valence-corrected chi connectivity index (χ0v) is 39.1. The first kappa shape index (κ1) is 62.3. The summed E-state index contributed by atoms with van der Waals surface area (Å²) >= 11 is 2.17. The molecule has 1 heterocycles. The Balaban J connectivity index is 2.94. The van der Waals surface area contributed by atoms with Crippen LogP contribution in [0.2, 0.25) is 0 Å². The van der Waals surface area contributed by atoms with Crippen molar-refractivity contribution in [1.29, 1.82) is 0 Å². The number of thioether (sulfide) groups is 2. The number of ether oxygens (including phenoxy) is 7. The van der Waals surface area contributed by atoms with Gasteiger partial charge in [-0.1, -0.05) is 13.2 Å². The molecule has 0 spiro atoms. The minimum absolute atomic E-state index is 0.0269. The molecule has 0 saturated heterocycles. The molecule has 31 heteroatoms. The number of nitrogens with one attached hydrogen (secondary N) is 2. The summed E-state index contributed by atoms with van der Waals surface area (Å²) < 4.78 is 172. The molecular weight excluding hydrogens is 1000 g/mol. The topological polar surface area (TPSA) is 223 Å². The van der Waals surface area contributed by atoms with Gasteiger partial charge in [0.2, 0.25) is 0 Å². The average molecular weight is 1060 g/mol. The molecule has 396 valence electrons. The Kier molecular flexibility index (Phi) is 26.6. The summed E-state index contributed by atoms with van der Waals surface area (Å²) in [4.78, 5) is 86.1. The summed E-state index contributed by atoms with van der Waals surface area (Å²) in [6.45, 7) is 4.56. The number of nitrogens with zero attached hydrogens (tertiary/aromatic N) is 3. The van der Waals surface area contributed by atoms with E-state index < -0.39 is 102 Å². The van der Waals surface area contributed by atoms with Crippen molar-refractivity contribution in [3.63, 3.8) is 0 Å². The molecule has 19 nitrogen and oxygen atoms in total. The van der Waals surface area contributed by atoms with Crippen LogP contribution >= 0.6 is 23.5 Å². The maximum absolute atomic E-state index is 15.0. The molecule has 0 fully saturated rings. The Morgan fingerprint density at radius 2 is 0.942 bits per heavy atom. The van der Waals surface area contributed by atoms with Crippen LogP contribution in [0.4, 0.5) is 53.5 Å². The van der Waals surface area contributed by atoms with Gasteiger partial charge in [-0.2, -0.15) is 67.4 Å². The van der Waals surface area contributed by atoms with E-state index in [4.69, 9.17) is 28.4 Å². The zero-order chi connectivity index (χ0) is 52.6. The van der Waals surface area contributed by atoms with E-state index in [0.717, 1.165) is 23.5 Å². The summed E-state index contributed by atoms with van der Waals surface area (Å²) in [5, 5.41) is 4.77. The first-order chi connectivity index (χ1) is 32.0. The highest BCUT2D eigenvalue weighted by atomic mass is 32.2. The second-order valence-electron chi connectivity index (χ2n) is 14.2. The van der Waals surface area contributed by atoms with Crippen LogP contribution < -0.4 is 27.7 Å². The predicted octanol–water partition coefficient (Wildman–Crippen LogP) is 4.27. The van der Waals surface area contributed by atoms with Crippen molar-refractivity contribution in [3.8, 4) is 0 Å². The number of carbonyl (C=O) groups excluding carboxylic acids is 4. The molecule has 0 bridgehead atoms. The lowest BCUT2D eigenvalue weighted by atomic mass is 10.2. The van der Waals surface area contributed by atoms with Crippen LogP contribution in [0.1, 0.15) is 33.6 Å². The fraction of sp³-hybridized carbons (Fsp3) is 0.711.